The van der Waals surface area contributed by atoms with Crippen molar-refractivity contribution >= 4 is 39.1 Å². The van der Waals surface area contributed by atoms with Gasteiger partial charge in [-0.05, 0) is 43.2 Å². The number of hydrogen-bond acceptors (Lipinski definition) is 5. The van der Waals surface area contributed by atoms with Crippen molar-refractivity contribution in [3.63, 3.8) is 0 Å². The summed E-state index contributed by atoms with van der Waals surface area (Å²) in [6.45, 7) is 3.63. The molecule has 1 heterocycles. The van der Waals surface area contributed by atoms with Gasteiger partial charge in [0, 0.05) is 12.1 Å². The van der Waals surface area contributed by atoms with Crippen molar-refractivity contribution in [3.8, 4) is 0 Å². The average molecular weight is 368 g/mol. The zero-order valence-electron chi connectivity index (χ0n) is 14.7. The van der Waals surface area contributed by atoms with E-state index < -0.39 is 5.97 Å². The quantitative estimate of drug-likeness (QED) is 0.667. The van der Waals surface area contributed by atoms with Crippen LogP contribution in [-0.2, 0) is 20.7 Å². The van der Waals surface area contributed by atoms with Crippen LogP contribution in [0.3, 0.4) is 0 Å². The summed E-state index contributed by atoms with van der Waals surface area (Å²) in [6, 6.07) is 13.5. The van der Waals surface area contributed by atoms with E-state index in [9.17, 15) is 9.59 Å². The molecule has 0 radical (unpaired) electrons. The summed E-state index contributed by atoms with van der Waals surface area (Å²) in [4.78, 5) is 28.3. The highest BCUT2D eigenvalue weighted by Gasteiger charge is 2.11. The predicted molar refractivity (Wildman–Crippen MR) is 103 cm³/mol. The van der Waals surface area contributed by atoms with E-state index >= 15 is 0 Å². The number of rotatable bonds is 6. The van der Waals surface area contributed by atoms with Crippen molar-refractivity contribution in [2.75, 3.05) is 11.9 Å². The molecular weight excluding hydrogens is 348 g/mol. The number of thiazole rings is 1. The van der Waals surface area contributed by atoms with E-state index in [1.807, 2.05) is 56.3 Å². The number of anilines is 1. The van der Waals surface area contributed by atoms with Gasteiger partial charge in [-0.25, -0.2) is 4.98 Å². The van der Waals surface area contributed by atoms with Crippen LogP contribution in [0.15, 0.2) is 42.5 Å². The first-order valence-corrected chi connectivity index (χ1v) is 9.21. The molecule has 0 aliphatic carbocycles. The van der Waals surface area contributed by atoms with E-state index in [0.717, 1.165) is 32.0 Å². The number of aryl methyl sites for hydroxylation is 2. The lowest BCUT2D eigenvalue weighted by Crippen LogP contribution is -2.21. The number of aromatic nitrogens is 1. The Morgan fingerprint density at radius 3 is 2.73 bits per heavy atom. The molecule has 3 rings (SSSR count). The molecule has 2 aromatic carbocycles. The number of esters is 1. The van der Waals surface area contributed by atoms with Gasteiger partial charge in [0.1, 0.15) is 0 Å². The fourth-order valence-corrected chi connectivity index (χ4v) is 3.49. The first-order valence-electron chi connectivity index (χ1n) is 8.39. The molecule has 0 saturated carbocycles. The molecule has 0 bridgehead atoms. The maximum absolute atomic E-state index is 12.0. The molecule has 0 atom stereocenters. The Morgan fingerprint density at radius 2 is 1.92 bits per heavy atom. The van der Waals surface area contributed by atoms with Crippen LogP contribution in [-0.4, -0.2) is 23.5 Å². The second-order valence-electron chi connectivity index (χ2n) is 6.03. The average Bonchev–Trinajstić information content (AvgIpc) is 3.05. The van der Waals surface area contributed by atoms with E-state index in [-0.39, 0.29) is 18.9 Å². The summed E-state index contributed by atoms with van der Waals surface area (Å²) in [6.07, 6.45) is 0.716. The van der Waals surface area contributed by atoms with Gasteiger partial charge in [0.15, 0.2) is 6.61 Å². The molecule has 1 aromatic heterocycles. The summed E-state index contributed by atoms with van der Waals surface area (Å²) in [7, 11) is 0. The SMILES string of the molecule is Cc1cccc(NC(=O)COC(=O)CCc2nc3ccccc3s2)c1C. The number of amides is 1. The van der Waals surface area contributed by atoms with Gasteiger partial charge in [-0.2, -0.15) is 0 Å². The zero-order valence-corrected chi connectivity index (χ0v) is 15.6. The van der Waals surface area contributed by atoms with Crippen LogP contribution >= 0.6 is 11.3 Å². The molecule has 5 nitrogen and oxygen atoms in total. The van der Waals surface area contributed by atoms with Gasteiger partial charge in [0.2, 0.25) is 0 Å². The molecule has 6 heteroatoms. The van der Waals surface area contributed by atoms with Gasteiger partial charge in [0.25, 0.3) is 5.91 Å². The zero-order chi connectivity index (χ0) is 18.5. The van der Waals surface area contributed by atoms with Gasteiger partial charge in [-0.15, -0.1) is 11.3 Å². The number of ether oxygens (including phenoxy) is 1. The monoisotopic (exact) mass is 368 g/mol. The highest BCUT2D eigenvalue weighted by atomic mass is 32.1. The lowest BCUT2D eigenvalue weighted by molar-refractivity contribution is -0.147. The smallest absolute Gasteiger partial charge is 0.306 e. The lowest BCUT2D eigenvalue weighted by atomic mass is 10.1. The third-order valence-electron chi connectivity index (χ3n) is 4.12. The maximum atomic E-state index is 12.0. The number of para-hydroxylation sites is 1. The molecule has 0 saturated heterocycles. The Hall–Kier alpha value is -2.73. The Balaban J connectivity index is 1.46. The molecule has 0 aliphatic rings. The fourth-order valence-electron chi connectivity index (χ4n) is 2.53. The van der Waals surface area contributed by atoms with Crippen molar-refractivity contribution in [1.29, 1.82) is 0 Å². The predicted octanol–water partition coefficient (Wildman–Crippen LogP) is 4.03. The number of fused-ring (bicyclic) bond motifs is 1. The standard InChI is InChI=1S/C20H20N2O3S/c1-13-6-5-8-15(14(13)2)21-18(23)12-25-20(24)11-10-19-22-16-7-3-4-9-17(16)26-19/h3-9H,10-12H2,1-2H3,(H,21,23). The number of benzene rings is 2. The van der Waals surface area contributed by atoms with Crippen LogP contribution in [0.2, 0.25) is 0 Å². The molecule has 0 fully saturated rings. The Bertz CT molecular complexity index is 916. The summed E-state index contributed by atoms with van der Waals surface area (Å²) >= 11 is 1.57. The first kappa shape index (κ1) is 18.1. The van der Waals surface area contributed by atoms with Crippen molar-refractivity contribution < 1.29 is 14.3 Å². The number of nitrogens with one attached hydrogen (secondary N) is 1. The minimum Gasteiger partial charge on any atom is -0.456 e. The molecule has 0 aliphatic heterocycles. The van der Waals surface area contributed by atoms with E-state index in [4.69, 9.17) is 4.74 Å². The number of carbonyl (C=O) groups is 2. The summed E-state index contributed by atoms with van der Waals surface area (Å²) < 4.78 is 6.17. The van der Waals surface area contributed by atoms with E-state index in [1.165, 1.54) is 0 Å². The van der Waals surface area contributed by atoms with E-state index in [1.54, 1.807) is 11.3 Å². The number of hydrogen-bond donors (Lipinski definition) is 1. The molecule has 0 unspecified atom stereocenters. The van der Waals surface area contributed by atoms with Gasteiger partial charge >= 0.3 is 5.97 Å². The molecule has 1 amide bonds. The lowest BCUT2D eigenvalue weighted by Gasteiger charge is -2.10. The summed E-state index contributed by atoms with van der Waals surface area (Å²) in [5.41, 5.74) is 3.77. The molecule has 3 aromatic rings. The molecular formula is C20H20N2O3S. The van der Waals surface area contributed by atoms with Crippen LogP contribution in [0.1, 0.15) is 22.6 Å². The Labute approximate surface area is 156 Å². The van der Waals surface area contributed by atoms with E-state index in [2.05, 4.69) is 10.3 Å². The van der Waals surface area contributed by atoms with Crippen LogP contribution < -0.4 is 5.32 Å². The molecule has 26 heavy (non-hydrogen) atoms. The normalized spacial score (nSPS) is 10.7. The largest absolute Gasteiger partial charge is 0.456 e. The van der Waals surface area contributed by atoms with Crippen molar-refractivity contribution in [2.45, 2.75) is 26.7 Å². The van der Waals surface area contributed by atoms with Crippen LogP contribution in [0, 0.1) is 13.8 Å². The van der Waals surface area contributed by atoms with Gasteiger partial charge in [-0.1, -0.05) is 24.3 Å². The highest BCUT2D eigenvalue weighted by Crippen LogP contribution is 2.22. The highest BCUT2D eigenvalue weighted by molar-refractivity contribution is 7.18. The topological polar surface area (TPSA) is 68.3 Å². The second-order valence-corrected chi connectivity index (χ2v) is 7.15. The van der Waals surface area contributed by atoms with Crippen molar-refractivity contribution in [3.05, 3.63) is 58.6 Å². The minimum absolute atomic E-state index is 0.205. The first-order chi connectivity index (χ1) is 12.5. The van der Waals surface area contributed by atoms with Gasteiger partial charge in [0.05, 0.1) is 21.6 Å². The van der Waals surface area contributed by atoms with Crippen molar-refractivity contribution in [1.82, 2.24) is 4.98 Å². The van der Waals surface area contributed by atoms with Crippen molar-refractivity contribution in [2.24, 2.45) is 0 Å². The van der Waals surface area contributed by atoms with Crippen LogP contribution in [0.25, 0.3) is 10.2 Å². The Morgan fingerprint density at radius 1 is 1.12 bits per heavy atom. The maximum Gasteiger partial charge on any atom is 0.306 e. The van der Waals surface area contributed by atoms with Crippen LogP contribution in [0.5, 0.6) is 0 Å². The second kappa shape index (κ2) is 8.10. The Kier molecular flexibility index (Phi) is 5.63. The third-order valence-corrected chi connectivity index (χ3v) is 5.22. The number of carbonyl (C=O) groups excluding carboxylic acids is 2. The molecule has 1 N–H and O–H groups in total. The number of nitrogens with zero attached hydrogens (tertiary/aromatic N) is 1. The van der Waals surface area contributed by atoms with Gasteiger partial charge < -0.3 is 10.1 Å². The molecule has 134 valence electrons. The fraction of sp³-hybridized carbons (Fsp3) is 0.250. The third kappa shape index (κ3) is 4.46. The van der Waals surface area contributed by atoms with Crippen LogP contribution in [0.4, 0.5) is 5.69 Å². The van der Waals surface area contributed by atoms with Gasteiger partial charge in [-0.3, -0.25) is 9.59 Å². The summed E-state index contributed by atoms with van der Waals surface area (Å²) in [5.74, 6) is -0.743. The molecule has 0 spiro atoms. The summed E-state index contributed by atoms with van der Waals surface area (Å²) in [5, 5.41) is 3.66. The van der Waals surface area contributed by atoms with E-state index in [0.29, 0.717) is 6.42 Å². The minimum atomic E-state index is -0.402.